The van der Waals surface area contributed by atoms with Crippen LogP contribution in [0.3, 0.4) is 0 Å². The van der Waals surface area contributed by atoms with Crippen molar-refractivity contribution < 1.29 is 23.6 Å². The van der Waals surface area contributed by atoms with E-state index < -0.39 is 10.8 Å². The van der Waals surface area contributed by atoms with Crippen LogP contribution in [0, 0.1) is 10.1 Å². The summed E-state index contributed by atoms with van der Waals surface area (Å²) in [6.45, 7) is 0.122. The molecule has 1 aromatic heterocycles. The van der Waals surface area contributed by atoms with Gasteiger partial charge in [0.25, 0.3) is 11.6 Å². The molecule has 0 radical (unpaired) electrons. The number of benzene rings is 1. The van der Waals surface area contributed by atoms with Gasteiger partial charge in [-0.1, -0.05) is 0 Å². The Kier molecular flexibility index (Phi) is 4.62. The van der Waals surface area contributed by atoms with E-state index in [1.54, 1.807) is 12.1 Å². The highest BCUT2D eigenvalue weighted by Crippen LogP contribution is 2.34. The van der Waals surface area contributed by atoms with E-state index in [1.807, 2.05) is 0 Å². The molecule has 0 aliphatic carbocycles. The molecule has 0 saturated heterocycles. The number of carbonyl (C=O) groups is 1. The van der Waals surface area contributed by atoms with Gasteiger partial charge in [0.1, 0.15) is 11.3 Å². The van der Waals surface area contributed by atoms with Gasteiger partial charge in [0, 0.05) is 6.07 Å². The number of carbonyl (C=O) groups excluding carboxylic acids is 1. The normalized spacial score (nSPS) is 10.1. The Hall–Kier alpha value is -3.03. The summed E-state index contributed by atoms with van der Waals surface area (Å²) < 4.78 is 15.2. The lowest BCUT2D eigenvalue weighted by Gasteiger charge is -2.10. The van der Waals surface area contributed by atoms with E-state index in [1.165, 1.54) is 26.5 Å². The molecular weight excluding hydrogens is 292 g/mol. The van der Waals surface area contributed by atoms with Crippen LogP contribution in [0.4, 0.5) is 5.69 Å². The molecule has 0 aliphatic heterocycles. The molecule has 1 N–H and O–H groups in total. The molecule has 0 atom stereocenters. The first-order valence-electron chi connectivity index (χ1n) is 6.27. The van der Waals surface area contributed by atoms with Gasteiger partial charge in [-0.15, -0.1) is 0 Å². The maximum Gasteiger partial charge on any atom is 0.286 e. The SMILES string of the molecule is COc1cc(C(=O)NCc2ccco2)c([N+](=O)[O-])cc1OC. The first-order chi connectivity index (χ1) is 10.6. The van der Waals surface area contributed by atoms with Gasteiger partial charge < -0.3 is 19.2 Å². The molecule has 0 spiro atoms. The Balaban J connectivity index is 2.30. The maximum absolute atomic E-state index is 12.2. The molecule has 22 heavy (non-hydrogen) atoms. The van der Waals surface area contributed by atoms with E-state index >= 15 is 0 Å². The second-order valence-corrected chi connectivity index (χ2v) is 4.24. The number of nitro benzene ring substituents is 1. The number of rotatable bonds is 6. The molecule has 2 aromatic rings. The Bertz CT molecular complexity index is 681. The van der Waals surface area contributed by atoms with Gasteiger partial charge >= 0.3 is 0 Å². The number of nitrogens with zero attached hydrogens (tertiary/aromatic N) is 1. The van der Waals surface area contributed by atoms with E-state index in [2.05, 4.69) is 5.32 Å². The molecule has 2 rings (SSSR count). The van der Waals surface area contributed by atoms with E-state index in [4.69, 9.17) is 13.9 Å². The molecule has 8 nitrogen and oxygen atoms in total. The molecule has 116 valence electrons. The summed E-state index contributed by atoms with van der Waals surface area (Å²) in [4.78, 5) is 22.7. The quantitative estimate of drug-likeness (QED) is 0.647. The van der Waals surface area contributed by atoms with Crippen molar-refractivity contribution in [2.75, 3.05) is 14.2 Å². The molecule has 0 bridgehead atoms. The minimum Gasteiger partial charge on any atom is -0.493 e. The molecule has 1 aromatic carbocycles. The van der Waals surface area contributed by atoms with E-state index in [9.17, 15) is 14.9 Å². The van der Waals surface area contributed by atoms with Gasteiger partial charge in [-0.2, -0.15) is 0 Å². The predicted molar refractivity (Wildman–Crippen MR) is 76.1 cm³/mol. The Labute approximate surface area is 125 Å². The summed E-state index contributed by atoms with van der Waals surface area (Å²) in [7, 11) is 2.74. The number of hydrogen-bond donors (Lipinski definition) is 1. The Morgan fingerprint density at radius 2 is 2.00 bits per heavy atom. The smallest absolute Gasteiger partial charge is 0.286 e. The second kappa shape index (κ2) is 6.61. The largest absolute Gasteiger partial charge is 0.493 e. The third-order valence-corrected chi connectivity index (χ3v) is 2.95. The van der Waals surface area contributed by atoms with Crippen molar-refractivity contribution in [1.29, 1.82) is 0 Å². The molecule has 0 saturated carbocycles. The number of methoxy groups -OCH3 is 2. The van der Waals surface area contributed by atoms with Crippen molar-refractivity contribution >= 4 is 11.6 Å². The molecular formula is C14H14N2O6. The molecule has 0 unspecified atom stereocenters. The summed E-state index contributed by atoms with van der Waals surface area (Å²) >= 11 is 0. The van der Waals surface area contributed by atoms with Crippen molar-refractivity contribution in [1.82, 2.24) is 5.32 Å². The number of hydrogen-bond acceptors (Lipinski definition) is 6. The zero-order valence-corrected chi connectivity index (χ0v) is 12.0. The molecule has 0 aliphatic rings. The third kappa shape index (κ3) is 3.17. The first kappa shape index (κ1) is 15.4. The minimum absolute atomic E-state index is 0.116. The van der Waals surface area contributed by atoms with Crippen LogP contribution in [0.2, 0.25) is 0 Å². The fourth-order valence-electron chi connectivity index (χ4n) is 1.88. The van der Waals surface area contributed by atoms with Crippen LogP contribution < -0.4 is 14.8 Å². The summed E-state index contributed by atoms with van der Waals surface area (Å²) in [5.41, 5.74) is -0.483. The fraction of sp³-hybridized carbons (Fsp3) is 0.214. The number of furan rings is 1. The molecule has 1 heterocycles. The average Bonchev–Trinajstić information content (AvgIpc) is 3.04. The van der Waals surface area contributed by atoms with Gasteiger partial charge in [-0.25, -0.2) is 0 Å². The Morgan fingerprint density at radius 1 is 1.32 bits per heavy atom. The summed E-state index contributed by atoms with van der Waals surface area (Å²) in [6.07, 6.45) is 1.47. The van der Waals surface area contributed by atoms with Gasteiger partial charge in [0.05, 0.1) is 38.0 Å². The zero-order valence-electron chi connectivity index (χ0n) is 12.0. The van der Waals surface area contributed by atoms with E-state index in [0.717, 1.165) is 6.07 Å². The predicted octanol–water partition coefficient (Wildman–Crippen LogP) is 2.13. The molecule has 0 fully saturated rings. The highest BCUT2D eigenvalue weighted by atomic mass is 16.6. The molecule has 1 amide bonds. The lowest BCUT2D eigenvalue weighted by Crippen LogP contribution is -2.23. The van der Waals surface area contributed by atoms with Crippen LogP contribution in [0.5, 0.6) is 11.5 Å². The van der Waals surface area contributed by atoms with Crippen LogP contribution in [0.1, 0.15) is 16.1 Å². The van der Waals surface area contributed by atoms with Crippen LogP contribution in [0.25, 0.3) is 0 Å². The highest BCUT2D eigenvalue weighted by molar-refractivity contribution is 5.99. The number of nitrogens with one attached hydrogen (secondary N) is 1. The monoisotopic (exact) mass is 306 g/mol. The van der Waals surface area contributed by atoms with Gasteiger partial charge in [-0.3, -0.25) is 14.9 Å². The second-order valence-electron chi connectivity index (χ2n) is 4.24. The number of amides is 1. The van der Waals surface area contributed by atoms with Crippen molar-refractivity contribution in [3.63, 3.8) is 0 Å². The minimum atomic E-state index is -0.649. The lowest BCUT2D eigenvalue weighted by molar-refractivity contribution is -0.385. The maximum atomic E-state index is 12.2. The van der Waals surface area contributed by atoms with E-state index in [0.29, 0.717) is 5.76 Å². The first-order valence-corrected chi connectivity index (χ1v) is 6.27. The van der Waals surface area contributed by atoms with Crippen LogP contribution in [-0.2, 0) is 6.54 Å². The number of nitro groups is 1. The van der Waals surface area contributed by atoms with Crippen LogP contribution in [-0.4, -0.2) is 25.1 Å². The van der Waals surface area contributed by atoms with E-state index in [-0.39, 0.29) is 29.3 Å². The summed E-state index contributed by atoms with van der Waals surface area (Å²) in [5, 5.41) is 13.7. The van der Waals surface area contributed by atoms with Crippen LogP contribution in [0.15, 0.2) is 34.9 Å². The highest BCUT2D eigenvalue weighted by Gasteiger charge is 2.24. The van der Waals surface area contributed by atoms with Crippen molar-refractivity contribution in [3.8, 4) is 11.5 Å². The summed E-state index contributed by atoms with van der Waals surface area (Å²) in [6, 6.07) is 5.79. The van der Waals surface area contributed by atoms with Crippen molar-refractivity contribution in [2.24, 2.45) is 0 Å². The average molecular weight is 306 g/mol. The summed E-state index contributed by atoms with van der Waals surface area (Å²) in [5.74, 6) is 0.341. The Morgan fingerprint density at radius 3 is 2.55 bits per heavy atom. The number of ether oxygens (including phenoxy) is 2. The molecule has 8 heteroatoms. The van der Waals surface area contributed by atoms with Crippen molar-refractivity contribution in [3.05, 3.63) is 52.0 Å². The topological polar surface area (TPSA) is 104 Å². The standard InChI is InChI=1S/C14H14N2O6/c1-20-12-6-10(11(16(18)19)7-13(12)21-2)14(17)15-8-9-4-3-5-22-9/h3-7H,8H2,1-2H3,(H,15,17). The third-order valence-electron chi connectivity index (χ3n) is 2.95. The lowest BCUT2D eigenvalue weighted by atomic mass is 10.1. The van der Waals surface area contributed by atoms with Crippen LogP contribution >= 0.6 is 0 Å². The fourth-order valence-corrected chi connectivity index (χ4v) is 1.88. The van der Waals surface area contributed by atoms with Crippen molar-refractivity contribution in [2.45, 2.75) is 6.54 Å². The van der Waals surface area contributed by atoms with Gasteiger partial charge in [-0.05, 0) is 12.1 Å². The van der Waals surface area contributed by atoms with Gasteiger partial charge in [0.2, 0.25) is 0 Å². The zero-order chi connectivity index (χ0) is 16.1. The van der Waals surface area contributed by atoms with Gasteiger partial charge in [0.15, 0.2) is 11.5 Å².